The van der Waals surface area contributed by atoms with Gasteiger partial charge in [0, 0.05) is 12.8 Å². The molecule has 1 aliphatic rings. The van der Waals surface area contributed by atoms with Gasteiger partial charge in [0.05, 0.1) is 6.04 Å². The summed E-state index contributed by atoms with van der Waals surface area (Å²) in [5.74, 6) is 0.992. The van der Waals surface area contributed by atoms with E-state index in [2.05, 4.69) is 22.5 Å². The molecule has 0 saturated heterocycles. The quantitative estimate of drug-likeness (QED) is 0.671. The van der Waals surface area contributed by atoms with Gasteiger partial charge in [-0.1, -0.05) is 11.8 Å². The van der Waals surface area contributed by atoms with E-state index in [4.69, 9.17) is 0 Å². The van der Waals surface area contributed by atoms with Gasteiger partial charge in [0.25, 0.3) is 0 Å². The predicted molar refractivity (Wildman–Crippen MR) is 56.0 cm³/mol. The molecule has 0 saturated carbocycles. The third kappa shape index (κ3) is 2.91. The van der Waals surface area contributed by atoms with E-state index in [1.54, 1.807) is 18.8 Å². The van der Waals surface area contributed by atoms with Gasteiger partial charge < -0.3 is 10.6 Å². The molecule has 2 N–H and O–H groups in total. The van der Waals surface area contributed by atoms with Gasteiger partial charge in [-0.3, -0.25) is 9.79 Å². The highest BCUT2D eigenvalue weighted by atomic mass is 32.2. The monoisotopic (exact) mass is 201 g/mol. The van der Waals surface area contributed by atoms with Crippen LogP contribution in [0.25, 0.3) is 0 Å². The van der Waals surface area contributed by atoms with Gasteiger partial charge in [0.2, 0.25) is 5.91 Å². The Balaban J connectivity index is 2.40. The van der Waals surface area contributed by atoms with Crippen LogP contribution >= 0.6 is 11.8 Å². The van der Waals surface area contributed by atoms with Crippen molar-refractivity contribution in [1.82, 2.24) is 10.6 Å². The minimum Gasteiger partial charge on any atom is -0.357 e. The Morgan fingerprint density at radius 3 is 2.92 bits per heavy atom. The lowest BCUT2D eigenvalue weighted by molar-refractivity contribution is -0.121. The number of thioether (sulfide) groups is 1. The molecule has 13 heavy (non-hydrogen) atoms. The lowest BCUT2D eigenvalue weighted by atomic mass is 10.3. The second kappa shape index (κ2) is 4.50. The van der Waals surface area contributed by atoms with Crippen molar-refractivity contribution in [2.45, 2.75) is 25.9 Å². The summed E-state index contributed by atoms with van der Waals surface area (Å²) < 4.78 is 0. The Kier molecular flexibility index (Phi) is 3.59. The third-order valence-corrected chi connectivity index (χ3v) is 2.92. The molecule has 1 heterocycles. The molecule has 1 amide bonds. The fourth-order valence-electron chi connectivity index (χ4n) is 1.02. The number of carbonyl (C=O) groups excluding carboxylic acids is 1. The highest BCUT2D eigenvalue weighted by Crippen LogP contribution is 2.15. The van der Waals surface area contributed by atoms with Crippen molar-refractivity contribution in [3.05, 3.63) is 0 Å². The first-order chi connectivity index (χ1) is 6.13. The fraction of sp³-hybridized carbons (Fsp3) is 0.750. The van der Waals surface area contributed by atoms with E-state index in [1.165, 1.54) is 0 Å². The van der Waals surface area contributed by atoms with Crippen molar-refractivity contribution in [2.75, 3.05) is 12.8 Å². The average Bonchev–Trinajstić information content (AvgIpc) is 2.49. The Morgan fingerprint density at radius 1 is 1.77 bits per heavy atom. The SMILES string of the molecule is CNC(=O)C(C)NC1=NC(C)CS1. The van der Waals surface area contributed by atoms with Crippen LogP contribution in [0.5, 0.6) is 0 Å². The van der Waals surface area contributed by atoms with Crippen LogP contribution in [-0.4, -0.2) is 36.0 Å². The van der Waals surface area contributed by atoms with Gasteiger partial charge in [0.15, 0.2) is 5.17 Å². The number of nitrogens with one attached hydrogen (secondary N) is 2. The van der Waals surface area contributed by atoms with Crippen LogP contribution in [0.1, 0.15) is 13.8 Å². The standard InChI is InChI=1S/C8H15N3OS/c1-5-4-13-8(10-5)11-6(2)7(12)9-3/h5-6H,4H2,1-3H3,(H,9,12)(H,10,11). The first kappa shape index (κ1) is 10.4. The summed E-state index contributed by atoms with van der Waals surface area (Å²) in [6.45, 7) is 3.89. The summed E-state index contributed by atoms with van der Waals surface area (Å²) in [5, 5.41) is 6.52. The van der Waals surface area contributed by atoms with Crippen LogP contribution in [0.4, 0.5) is 0 Å². The molecule has 0 radical (unpaired) electrons. The summed E-state index contributed by atoms with van der Waals surface area (Å²) >= 11 is 1.67. The third-order valence-electron chi connectivity index (χ3n) is 1.78. The van der Waals surface area contributed by atoms with Gasteiger partial charge in [-0.05, 0) is 13.8 Å². The van der Waals surface area contributed by atoms with E-state index in [0.717, 1.165) is 10.9 Å². The normalized spacial score (nSPS) is 23.6. The number of nitrogens with zero attached hydrogens (tertiary/aromatic N) is 1. The maximum atomic E-state index is 11.1. The highest BCUT2D eigenvalue weighted by Gasteiger charge is 2.18. The zero-order chi connectivity index (χ0) is 9.84. The van der Waals surface area contributed by atoms with Gasteiger partial charge in [-0.15, -0.1) is 0 Å². The van der Waals surface area contributed by atoms with E-state index in [-0.39, 0.29) is 11.9 Å². The molecule has 0 aromatic heterocycles. The van der Waals surface area contributed by atoms with Crippen LogP contribution in [0.3, 0.4) is 0 Å². The van der Waals surface area contributed by atoms with Gasteiger partial charge in [0.1, 0.15) is 6.04 Å². The number of aliphatic imine (C=N–C) groups is 1. The number of likely N-dealkylation sites (N-methyl/N-ethyl adjacent to an activating group) is 1. The van der Waals surface area contributed by atoms with Crippen molar-refractivity contribution in [2.24, 2.45) is 4.99 Å². The van der Waals surface area contributed by atoms with Crippen LogP contribution in [-0.2, 0) is 4.79 Å². The molecule has 2 unspecified atom stereocenters. The minimum atomic E-state index is -0.207. The van der Waals surface area contributed by atoms with Crippen LogP contribution in [0.2, 0.25) is 0 Å². The predicted octanol–water partition coefficient (Wildman–Crippen LogP) is 0.202. The molecule has 0 aromatic rings. The highest BCUT2D eigenvalue weighted by molar-refractivity contribution is 8.14. The molecule has 0 spiro atoms. The topological polar surface area (TPSA) is 53.5 Å². The summed E-state index contributed by atoms with van der Waals surface area (Å²) in [5.41, 5.74) is 0. The lowest BCUT2D eigenvalue weighted by Crippen LogP contribution is -2.42. The largest absolute Gasteiger partial charge is 0.357 e. The van der Waals surface area contributed by atoms with Gasteiger partial charge >= 0.3 is 0 Å². The van der Waals surface area contributed by atoms with E-state index in [0.29, 0.717) is 6.04 Å². The van der Waals surface area contributed by atoms with Crippen LogP contribution in [0.15, 0.2) is 4.99 Å². The number of hydrogen-bond acceptors (Lipinski definition) is 4. The van der Waals surface area contributed by atoms with Gasteiger partial charge in [-0.2, -0.15) is 0 Å². The van der Waals surface area contributed by atoms with Crippen molar-refractivity contribution in [3.63, 3.8) is 0 Å². The van der Waals surface area contributed by atoms with Gasteiger partial charge in [-0.25, -0.2) is 0 Å². The number of amidine groups is 1. The molecular formula is C8H15N3OS. The fourth-order valence-corrected chi connectivity index (χ4v) is 2.01. The number of carbonyl (C=O) groups is 1. The molecule has 1 rings (SSSR count). The van der Waals surface area contributed by atoms with Crippen LogP contribution < -0.4 is 10.6 Å². The Morgan fingerprint density at radius 2 is 2.46 bits per heavy atom. The molecule has 1 aliphatic heterocycles. The molecule has 74 valence electrons. The molecule has 0 aliphatic carbocycles. The second-order valence-electron chi connectivity index (χ2n) is 3.07. The first-order valence-corrected chi connectivity index (χ1v) is 5.30. The van der Waals surface area contributed by atoms with E-state index in [1.807, 2.05) is 6.92 Å². The maximum absolute atomic E-state index is 11.1. The molecule has 4 nitrogen and oxygen atoms in total. The van der Waals surface area contributed by atoms with Crippen molar-refractivity contribution < 1.29 is 4.79 Å². The van der Waals surface area contributed by atoms with Crippen molar-refractivity contribution >= 4 is 22.8 Å². The summed E-state index contributed by atoms with van der Waals surface area (Å²) in [7, 11) is 1.63. The minimum absolute atomic E-state index is 0.0112. The zero-order valence-electron chi connectivity index (χ0n) is 8.13. The molecule has 5 heteroatoms. The van der Waals surface area contributed by atoms with E-state index >= 15 is 0 Å². The second-order valence-corrected chi connectivity index (χ2v) is 4.08. The summed E-state index contributed by atoms with van der Waals surface area (Å²) in [6, 6.07) is 0.158. The molecule has 0 bridgehead atoms. The summed E-state index contributed by atoms with van der Waals surface area (Å²) in [4.78, 5) is 15.5. The molecule has 0 fully saturated rings. The van der Waals surface area contributed by atoms with Crippen LogP contribution in [0, 0.1) is 0 Å². The average molecular weight is 201 g/mol. The van der Waals surface area contributed by atoms with Crippen molar-refractivity contribution in [3.8, 4) is 0 Å². The first-order valence-electron chi connectivity index (χ1n) is 4.32. The molecule has 2 atom stereocenters. The number of rotatable bonds is 2. The van der Waals surface area contributed by atoms with E-state index < -0.39 is 0 Å². The number of hydrogen-bond donors (Lipinski definition) is 2. The molecular weight excluding hydrogens is 186 g/mol. The molecule has 0 aromatic carbocycles. The Hall–Kier alpha value is -0.710. The lowest BCUT2D eigenvalue weighted by Gasteiger charge is -2.12. The summed E-state index contributed by atoms with van der Waals surface area (Å²) in [6.07, 6.45) is 0. The smallest absolute Gasteiger partial charge is 0.242 e. The number of amides is 1. The van der Waals surface area contributed by atoms with E-state index in [9.17, 15) is 4.79 Å². The maximum Gasteiger partial charge on any atom is 0.242 e. The van der Waals surface area contributed by atoms with Crippen molar-refractivity contribution in [1.29, 1.82) is 0 Å². The Labute approximate surface area is 82.6 Å². The zero-order valence-corrected chi connectivity index (χ0v) is 8.94. The Bertz CT molecular complexity index is 229.